The van der Waals surface area contributed by atoms with Crippen LogP contribution in [-0.4, -0.2) is 25.4 Å². The summed E-state index contributed by atoms with van der Waals surface area (Å²) in [6.45, 7) is 3.38. The zero-order valence-electron chi connectivity index (χ0n) is 5.94. The van der Waals surface area contributed by atoms with E-state index in [4.69, 9.17) is 0 Å². The Morgan fingerprint density at radius 2 is 1.70 bits per heavy atom. The Morgan fingerprint density at radius 3 is 1.90 bits per heavy atom. The molecular formula is C5H14N4S. The minimum absolute atomic E-state index is 1.10. The predicted octanol–water partition coefficient (Wildman–Crippen LogP) is -0.773. The van der Waals surface area contributed by atoms with Gasteiger partial charge in [-0.3, -0.25) is 10.9 Å². The van der Waals surface area contributed by atoms with Crippen LogP contribution in [0.2, 0.25) is 0 Å². The van der Waals surface area contributed by atoms with E-state index in [0.717, 1.165) is 19.6 Å². The quantitative estimate of drug-likeness (QED) is 0.352. The largest absolute Gasteiger partial charge is 0.258 e. The van der Waals surface area contributed by atoms with Gasteiger partial charge in [0.2, 0.25) is 0 Å². The number of rotatable bonds is 0. The van der Waals surface area contributed by atoms with Crippen molar-refractivity contribution in [2.75, 3.05) is 25.4 Å². The van der Waals surface area contributed by atoms with Crippen molar-refractivity contribution in [3.05, 3.63) is 0 Å². The molecule has 0 atom stereocenters. The summed E-state index contributed by atoms with van der Waals surface area (Å²) in [7, 11) is 0. The highest BCUT2D eigenvalue weighted by atomic mass is 32.2. The maximum absolute atomic E-state index is 2.97. The van der Waals surface area contributed by atoms with Crippen molar-refractivity contribution in [2.45, 2.75) is 6.42 Å². The van der Waals surface area contributed by atoms with Crippen LogP contribution in [0.15, 0.2) is 0 Å². The molecule has 0 bridgehead atoms. The van der Waals surface area contributed by atoms with Gasteiger partial charge in [-0.25, -0.2) is 10.3 Å². The lowest BCUT2D eigenvalue weighted by Gasteiger charge is -1.81. The molecule has 5 heteroatoms. The molecule has 0 aromatic heterocycles. The van der Waals surface area contributed by atoms with Crippen LogP contribution in [0.1, 0.15) is 6.42 Å². The molecule has 0 aromatic rings. The van der Waals surface area contributed by atoms with Crippen molar-refractivity contribution in [1.82, 2.24) is 21.1 Å². The van der Waals surface area contributed by atoms with E-state index in [-0.39, 0.29) is 0 Å². The number of hydrogen-bond donors (Lipinski definition) is 4. The summed E-state index contributed by atoms with van der Waals surface area (Å²) in [6.07, 6.45) is 1.28. The van der Waals surface area contributed by atoms with Crippen molar-refractivity contribution < 1.29 is 0 Å². The third-order valence-electron chi connectivity index (χ3n) is 1.20. The molecule has 4 nitrogen and oxygen atoms in total. The van der Waals surface area contributed by atoms with Gasteiger partial charge in [-0.15, -0.1) is 0 Å². The predicted molar refractivity (Wildman–Crippen MR) is 44.2 cm³/mol. The van der Waals surface area contributed by atoms with Crippen LogP contribution in [-0.2, 0) is 0 Å². The average Bonchev–Trinajstić information content (AvgIpc) is 2.67. The van der Waals surface area contributed by atoms with E-state index in [1.54, 1.807) is 11.9 Å². The summed E-state index contributed by atoms with van der Waals surface area (Å²) in [5.41, 5.74) is 8.88. The molecule has 60 valence electrons. The van der Waals surface area contributed by atoms with Gasteiger partial charge in [0.05, 0.1) is 0 Å². The van der Waals surface area contributed by atoms with E-state index < -0.39 is 0 Å². The van der Waals surface area contributed by atoms with Gasteiger partial charge in [0.25, 0.3) is 0 Å². The van der Waals surface area contributed by atoms with Crippen LogP contribution in [0, 0.1) is 0 Å². The molecule has 2 rings (SSSR count). The molecule has 2 fully saturated rings. The molecule has 0 amide bonds. The molecule has 10 heavy (non-hydrogen) atoms. The van der Waals surface area contributed by atoms with Gasteiger partial charge in [-0.05, 0) is 6.42 Å². The first kappa shape index (κ1) is 8.29. The Morgan fingerprint density at radius 1 is 0.900 bits per heavy atom. The normalized spacial score (nSPS) is 24.0. The van der Waals surface area contributed by atoms with E-state index in [1.165, 1.54) is 12.2 Å². The van der Waals surface area contributed by atoms with Gasteiger partial charge >= 0.3 is 0 Å². The Kier molecular flexibility index (Phi) is 4.92. The first-order valence-corrected chi connectivity index (χ1v) is 4.54. The van der Waals surface area contributed by atoms with E-state index in [9.17, 15) is 0 Å². The Balaban J connectivity index is 0.0000001000. The van der Waals surface area contributed by atoms with Crippen LogP contribution in [0.25, 0.3) is 0 Å². The second kappa shape index (κ2) is 5.94. The fourth-order valence-corrected chi connectivity index (χ4v) is 1.21. The Bertz CT molecular complexity index is 46.8. The number of hydrogen-bond acceptors (Lipinski definition) is 5. The van der Waals surface area contributed by atoms with Crippen molar-refractivity contribution in [3.63, 3.8) is 0 Å². The Labute approximate surface area is 65.6 Å². The average molecular weight is 162 g/mol. The number of hydrazine groups is 2. The molecule has 2 saturated heterocycles. The summed E-state index contributed by atoms with van der Waals surface area (Å²) in [5, 5.41) is 0. The highest BCUT2D eigenvalue weighted by Crippen LogP contribution is 1.91. The van der Waals surface area contributed by atoms with Crippen molar-refractivity contribution in [1.29, 1.82) is 0 Å². The first-order chi connectivity index (χ1) is 5.00. The summed E-state index contributed by atoms with van der Waals surface area (Å²) >= 11 is 1.71. The smallest absolute Gasteiger partial charge is 0.0231 e. The highest BCUT2D eigenvalue weighted by Gasteiger charge is 1.92. The molecule has 4 N–H and O–H groups in total. The first-order valence-electron chi connectivity index (χ1n) is 3.55. The van der Waals surface area contributed by atoms with Crippen molar-refractivity contribution in [2.24, 2.45) is 0 Å². The molecule has 0 aliphatic carbocycles. The highest BCUT2D eigenvalue weighted by molar-refractivity contribution is 7.97. The van der Waals surface area contributed by atoms with E-state index in [2.05, 4.69) is 21.1 Å². The second-order valence-corrected chi connectivity index (χ2v) is 2.99. The minimum atomic E-state index is 1.10. The van der Waals surface area contributed by atoms with Crippen LogP contribution in [0.5, 0.6) is 0 Å². The van der Waals surface area contributed by atoms with E-state index in [1.807, 2.05) is 0 Å². The maximum Gasteiger partial charge on any atom is 0.0231 e. The maximum atomic E-state index is 2.97. The number of nitrogens with one attached hydrogen (secondary N) is 4. The third kappa shape index (κ3) is 4.08. The summed E-state index contributed by atoms with van der Waals surface area (Å²) in [6, 6.07) is 0. The summed E-state index contributed by atoms with van der Waals surface area (Å²) in [5.74, 6) is 1.19. The summed E-state index contributed by atoms with van der Waals surface area (Å²) in [4.78, 5) is 2.89. The van der Waals surface area contributed by atoms with Gasteiger partial charge in [0, 0.05) is 25.4 Å². The third-order valence-corrected chi connectivity index (χ3v) is 1.90. The molecule has 2 aliphatic rings. The van der Waals surface area contributed by atoms with Crippen LogP contribution < -0.4 is 21.1 Å². The van der Waals surface area contributed by atoms with E-state index >= 15 is 0 Å². The molecule has 0 spiro atoms. The zero-order chi connectivity index (χ0) is 7.07. The lowest BCUT2D eigenvalue weighted by molar-refractivity contribution is 0.689. The van der Waals surface area contributed by atoms with Gasteiger partial charge in [0.1, 0.15) is 0 Å². The van der Waals surface area contributed by atoms with Gasteiger partial charge in [-0.1, -0.05) is 11.9 Å². The second-order valence-electron chi connectivity index (χ2n) is 2.08. The fourth-order valence-electron chi connectivity index (χ4n) is 0.697. The fraction of sp³-hybridized carbons (Fsp3) is 1.00. The van der Waals surface area contributed by atoms with Crippen molar-refractivity contribution >= 4 is 11.9 Å². The molecule has 2 heterocycles. The standard InChI is InChI=1S/C3H8N2.C2H6N2S/c1-2-4-5-3-1;1-2-5-4-3-1/h4-5H,1-3H2;3-4H,1-2H2. The van der Waals surface area contributed by atoms with E-state index in [0.29, 0.717) is 0 Å². The van der Waals surface area contributed by atoms with Gasteiger partial charge in [-0.2, -0.15) is 0 Å². The van der Waals surface area contributed by atoms with Crippen molar-refractivity contribution in [3.8, 4) is 0 Å². The lowest BCUT2D eigenvalue weighted by Crippen LogP contribution is -2.21. The van der Waals surface area contributed by atoms with Gasteiger partial charge in [0.15, 0.2) is 0 Å². The van der Waals surface area contributed by atoms with Crippen LogP contribution >= 0.6 is 11.9 Å². The SMILES string of the molecule is C1CNNC1.C1CSNN1. The molecule has 2 aliphatic heterocycles. The zero-order valence-corrected chi connectivity index (χ0v) is 6.76. The minimum Gasteiger partial charge on any atom is -0.258 e. The van der Waals surface area contributed by atoms with Crippen LogP contribution in [0.4, 0.5) is 0 Å². The summed E-state index contributed by atoms with van der Waals surface area (Å²) < 4.78 is 0. The molecule has 0 radical (unpaired) electrons. The van der Waals surface area contributed by atoms with Crippen LogP contribution in [0.3, 0.4) is 0 Å². The molecule has 0 unspecified atom stereocenters. The lowest BCUT2D eigenvalue weighted by atomic mass is 10.5. The molecule has 0 saturated carbocycles. The molecular weight excluding hydrogens is 148 g/mol. The van der Waals surface area contributed by atoms with Gasteiger partial charge < -0.3 is 0 Å². The molecule has 0 aromatic carbocycles. The topological polar surface area (TPSA) is 48.1 Å². The monoisotopic (exact) mass is 162 g/mol. The Hall–Kier alpha value is 0.190.